The number of hydrogen-bond acceptors (Lipinski definition) is 4. The maximum atomic E-state index is 11.8. The third-order valence-corrected chi connectivity index (χ3v) is 4.35. The number of hydrogen-bond donors (Lipinski definition) is 2. The van der Waals surface area contributed by atoms with E-state index in [-0.39, 0.29) is 5.75 Å². The molecule has 0 fully saturated rings. The van der Waals surface area contributed by atoms with Crippen molar-refractivity contribution in [3.63, 3.8) is 0 Å². The quantitative estimate of drug-likeness (QED) is 0.798. The molecule has 1 aliphatic heterocycles. The minimum Gasteiger partial charge on any atom is -0.508 e. The van der Waals surface area contributed by atoms with Gasteiger partial charge in [-0.2, -0.15) is 0 Å². The van der Waals surface area contributed by atoms with Crippen molar-refractivity contribution in [2.24, 2.45) is 0 Å². The normalized spacial score (nSPS) is 16.6. The van der Waals surface area contributed by atoms with Crippen LogP contribution in [0.3, 0.4) is 0 Å². The average molecular weight is 253 g/mol. The molecule has 0 saturated carbocycles. The summed E-state index contributed by atoms with van der Waals surface area (Å²) in [4.78, 5) is 0.301. The number of rotatable bonds is 4. The largest absolute Gasteiger partial charge is 0.508 e. The lowest BCUT2D eigenvalue weighted by Gasteiger charge is -2.04. The van der Waals surface area contributed by atoms with E-state index in [1.807, 2.05) is 7.05 Å². The first kappa shape index (κ1) is 12.1. The fourth-order valence-electron chi connectivity index (χ4n) is 1.98. The van der Waals surface area contributed by atoms with Crippen LogP contribution < -0.4 is 5.32 Å². The molecule has 92 valence electrons. The van der Waals surface area contributed by atoms with Crippen molar-refractivity contribution >= 4 is 15.4 Å². The van der Waals surface area contributed by atoms with Gasteiger partial charge in [-0.1, -0.05) is 0 Å². The highest BCUT2D eigenvalue weighted by Gasteiger charge is 2.26. The molecule has 0 spiro atoms. The van der Waals surface area contributed by atoms with Crippen molar-refractivity contribution in [2.45, 2.75) is 17.7 Å². The summed E-state index contributed by atoms with van der Waals surface area (Å²) in [5.41, 5.74) is 1.42. The summed E-state index contributed by atoms with van der Waals surface area (Å²) < 4.78 is 23.7. The molecule has 0 atom stereocenters. The number of benzene rings is 1. The number of allylic oxidation sites excluding steroid dienone is 1. The number of aromatic hydroxyl groups is 1. The molecule has 5 heteroatoms. The molecule has 1 aromatic rings. The molecule has 0 bridgehead atoms. The minimum absolute atomic E-state index is 0.0976. The highest BCUT2D eigenvalue weighted by Crippen LogP contribution is 2.37. The fourth-order valence-corrected chi connectivity index (χ4v) is 3.48. The molecule has 0 unspecified atom stereocenters. The molecule has 0 radical (unpaired) electrons. The van der Waals surface area contributed by atoms with Crippen molar-refractivity contribution in [3.05, 3.63) is 29.2 Å². The third kappa shape index (κ3) is 2.35. The van der Waals surface area contributed by atoms with E-state index in [1.165, 1.54) is 23.6 Å². The molecular weight excluding hydrogens is 238 g/mol. The average Bonchev–Trinajstić information content (AvgIpc) is 2.51. The Morgan fingerprint density at radius 1 is 1.35 bits per heavy atom. The second kappa shape index (κ2) is 4.50. The van der Waals surface area contributed by atoms with Gasteiger partial charge in [0.25, 0.3) is 0 Å². The topological polar surface area (TPSA) is 66.4 Å². The first-order chi connectivity index (χ1) is 8.04. The lowest BCUT2D eigenvalue weighted by molar-refractivity contribution is 0.474. The number of fused-ring (bicyclic) bond motifs is 1. The van der Waals surface area contributed by atoms with Crippen LogP contribution in [0.15, 0.2) is 28.5 Å². The molecule has 1 aromatic carbocycles. The van der Waals surface area contributed by atoms with Gasteiger partial charge in [0, 0.05) is 11.0 Å². The summed E-state index contributed by atoms with van der Waals surface area (Å²) in [5, 5.41) is 13.8. The summed E-state index contributed by atoms with van der Waals surface area (Å²) in [5.74, 6) is 0.0976. The molecule has 1 aliphatic rings. The zero-order valence-electron chi connectivity index (χ0n) is 9.60. The lowest BCUT2D eigenvalue weighted by atomic mass is 10.0. The number of phenolic OH excluding ortho intramolecular Hbond substituents is 1. The van der Waals surface area contributed by atoms with E-state index >= 15 is 0 Å². The van der Waals surface area contributed by atoms with E-state index in [9.17, 15) is 13.5 Å². The maximum absolute atomic E-state index is 11.8. The fraction of sp³-hybridized carbons (Fsp3) is 0.333. The molecule has 17 heavy (non-hydrogen) atoms. The van der Waals surface area contributed by atoms with Crippen LogP contribution >= 0.6 is 0 Å². The van der Waals surface area contributed by atoms with Crippen molar-refractivity contribution in [1.82, 2.24) is 5.32 Å². The van der Waals surface area contributed by atoms with Gasteiger partial charge in [-0.25, -0.2) is 8.42 Å². The summed E-state index contributed by atoms with van der Waals surface area (Å²) >= 11 is 0. The smallest absolute Gasteiger partial charge is 0.200 e. The Morgan fingerprint density at radius 3 is 2.82 bits per heavy atom. The van der Waals surface area contributed by atoms with Crippen molar-refractivity contribution in [1.29, 1.82) is 0 Å². The first-order valence-electron chi connectivity index (χ1n) is 5.48. The molecule has 1 heterocycles. The molecule has 0 aromatic heterocycles. The van der Waals surface area contributed by atoms with Crippen molar-refractivity contribution < 1.29 is 13.5 Å². The number of nitrogens with one attached hydrogen (secondary N) is 1. The van der Waals surface area contributed by atoms with Crippen LogP contribution in [-0.4, -0.2) is 27.1 Å². The van der Waals surface area contributed by atoms with Gasteiger partial charge in [-0.15, -0.1) is 0 Å². The van der Waals surface area contributed by atoms with E-state index in [1.54, 1.807) is 0 Å². The molecule has 2 N–H and O–H groups in total. The van der Waals surface area contributed by atoms with Crippen LogP contribution in [0.25, 0.3) is 5.57 Å². The second-order valence-corrected chi connectivity index (χ2v) is 5.84. The Kier molecular flexibility index (Phi) is 3.22. The Bertz CT molecular complexity index is 561. The summed E-state index contributed by atoms with van der Waals surface area (Å²) in [6, 6.07) is 4.38. The predicted octanol–water partition coefficient (Wildman–Crippen LogP) is 1.52. The van der Waals surface area contributed by atoms with Gasteiger partial charge in [0.1, 0.15) is 5.75 Å². The lowest BCUT2D eigenvalue weighted by Crippen LogP contribution is -2.07. The zero-order valence-corrected chi connectivity index (χ0v) is 10.4. The molecule has 2 rings (SSSR count). The Labute approximate surface area is 101 Å². The number of sulfone groups is 1. The van der Waals surface area contributed by atoms with Crippen molar-refractivity contribution in [3.8, 4) is 5.75 Å². The van der Waals surface area contributed by atoms with E-state index in [0.717, 1.165) is 18.5 Å². The van der Waals surface area contributed by atoms with E-state index in [0.29, 0.717) is 16.9 Å². The highest BCUT2D eigenvalue weighted by atomic mass is 32.2. The molecular formula is C12H15NO3S. The van der Waals surface area contributed by atoms with Crippen LogP contribution in [0, 0.1) is 0 Å². The summed E-state index contributed by atoms with van der Waals surface area (Å²) in [7, 11) is -1.44. The van der Waals surface area contributed by atoms with Crippen molar-refractivity contribution in [2.75, 3.05) is 13.6 Å². The van der Waals surface area contributed by atoms with Gasteiger partial charge < -0.3 is 10.4 Å². The molecule has 4 nitrogen and oxygen atoms in total. The standard InChI is InChI=1S/C12H15NO3S/c1-13-6-2-3-9-8-17(15,16)12-5-4-10(14)7-11(9)12/h4-5,7-8,13-14H,2-3,6H2,1H3. The van der Waals surface area contributed by atoms with Gasteiger partial charge in [-0.05, 0) is 50.2 Å². The van der Waals surface area contributed by atoms with E-state index in [4.69, 9.17) is 0 Å². The van der Waals surface area contributed by atoms with Crippen LogP contribution in [0.5, 0.6) is 5.75 Å². The summed E-state index contributed by atoms with van der Waals surface area (Å²) in [6.07, 6.45) is 1.56. The number of phenols is 1. The first-order valence-corrected chi connectivity index (χ1v) is 7.03. The Hall–Kier alpha value is -1.33. The molecule has 0 aliphatic carbocycles. The van der Waals surface area contributed by atoms with Gasteiger partial charge in [-0.3, -0.25) is 0 Å². The van der Waals surface area contributed by atoms with Crippen LogP contribution in [0.1, 0.15) is 18.4 Å². The van der Waals surface area contributed by atoms with Gasteiger partial charge in [0.15, 0.2) is 0 Å². The third-order valence-electron chi connectivity index (χ3n) is 2.79. The van der Waals surface area contributed by atoms with Crippen LogP contribution in [-0.2, 0) is 9.84 Å². The Morgan fingerprint density at radius 2 is 2.12 bits per heavy atom. The Balaban J connectivity index is 2.34. The minimum atomic E-state index is -3.30. The van der Waals surface area contributed by atoms with Crippen LogP contribution in [0.4, 0.5) is 0 Å². The van der Waals surface area contributed by atoms with Gasteiger partial charge in [0.05, 0.1) is 4.90 Å². The highest BCUT2D eigenvalue weighted by molar-refractivity contribution is 7.95. The molecule has 0 saturated heterocycles. The van der Waals surface area contributed by atoms with Gasteiger partial charge >= 0.3 is 0 Å². The SMILES string of the molecule is CNCCCC1=CS(=O)(=O)c2ccc(O)cc21. The van der Waals surface area contributed by atoms with Crippen LogP contribution in [0.2, 0.25) is 0 Å². The maximum Gasteiger partial charge on any atom is 0.200 e. The predicted molar refractivity (Wildman–Crippen MR) is 66.4 cm³/mol. The van der Waals surface area contributed by atoms with E-state index in [2.05, 4.69) is 5.32 Å². The summed E-state index contributed by atoms with van der Waals surface area (Å²) in [6.45, 7) is 0.839. The second-order valence-electron chi connectivity index (χ2n) is 4.08. The zero-order chi connectivity index (χ0) is 12.5. The monoisotopic (exact) mass is 253 g/mol. The van der Waals surface area contributed by atoms with Gasteiger partial charge in [0.2, 0.25) is 9.84 Å². The van der Waals surface area contributed by atoms with E-state index < -0.39 is 9.84 Å². The molecule has 0 amide bonds.